The molecule has 11 heavy (non-hydrogen) atoms. The summed E-state index contributed by atoms with van der Waals surface area (Å²) < 4.78 is 4.27. The highest BCUT2D eigenvalue weighted by atomic mass is 16.5. The monoisotopic (exact) mass is 157 g/mol. The molecule has 0 aliphatic rings. The molecule has 0 aliphatic heterocycles. The van der Waals surface area contributed by atoms with Gasteiger partial charge < -0.3 is 14.6 Å². The number of hydrogen-bond donors (Lipinski definition) is 0. The van der Waals surface area contributed by atoms with Crippen LogP contribution in [0.5, 0.6) is 0 Å². The molecule has 0 aromatic heterocycles. The summed E-state index contributed by atoms with van der Waals surface area (Å²) in [6.45, 7) is 0. The van der Waals surface area contributed by atoms with E-state index in [4.69, 9.17) is 0 Å². The van der Waals surface area contributed by atoms with Gasteiger partial charge in [-0.05, 0) is 12.8 Å². The first-order valence-corrected chi connectivity index (χ1v) is 3.11. The third kappa shape index (κ3) is 6.57. The van der Waals surface area contributed by atoms with E-state index in [1.807, 2.05) is 0 Å². The maximum absolute atomic E-state index is 10.4. The van der Waals surface area contributed by atoms with E-state index >= 15 is 0 Å². The lowest BCUT2D eigenvalue weighted by atomic mass is 10.3. The van der Waals surface area contributed by atoms with E-state index in [0.717, 1.165) is 0 Å². The van der Waals surface area contributed by atoms with Crippen LogP contribution in [0.15, 0.2) is 12.2 Å². The van der Waals surface area contributed by atoms with Gasteiger partial charge >= 0.3 is 5.97 Å². The minimum Gasteiger partial charge on any atom is -0.550 e. The Kier molecular flexibility index (Phi) is 4.81. The Balaban J connectivity index is 3.45. The molecule has 0 N–H and O–H groups in total. The summed E-state index contributed by atoms with van der Waals surface area (Å²) in [6, 6.07) is 0. The zero-order chi connectivity index (χ0) is 8.69. The molecule has 62 valence electrons. The first kappa shape index (κ1) is 9.68. The van der Waals surface area contributed by atoms with Gasteiger partial charge in [-0.2, -0.15) is 0 Å². The molecule has 0 bridgehead atoms. The summed E-state index contributed by atoms with van der Waals surface area (Å²) >= 11 is 0. The highest BCUT2D eigenvalue weighted by Gasteiger charge is 1.89. The summed E-state index contributed by atoms with van der Waals surface area (Å²) in [6.07, 6.45) is 2.83. The topological polar surface area (TPSA) is 66.4 Å². The van der Waals surface area contributed by atoms with Gasteiger partial charge in [-0.25, -0.2) is 4.79 Å². The maximum Gasteiger partial charge on any atom is 0.330 e. The van der Waals surface area contributed by atoms with E-state index in [9.17, 15) is 14.7 Å². The second kappa shape index (κ2) is 5.46. The summed E-state index contributed by atoms with van der Waals surface area (Å²) in [5.74, 6) is -1.61. The molecule has 0 aromatic rings. The average Bonchev–Trinajstić information content (AvgIpc) is 1.97. The number of hydrogen-bond acceptors (Lipinski definition) is 4. The van der Waals surface area contributed by atoms with E-state index in [0.29, 0.717) is 0 Å². The molecule has 0 saturated heterocycles. The number of carbonyl (C=O) groups excluding carboxylic acids is 2. The molecule has 0 amide bonds. The molecule has 0 aliphatic carbocycles. The Morgan fingerprint density at radius 1 is 1.55 bits per heavy atom. The van der Waals surface area contributed by atoms with Crippen molar-refractivity contribution >= 4 is 11.9 Å². The Morgan fingerprint density at radius 2 is 2.18 bits per heavy atom. The highest BCUT2D eigenvalue weighted by Crippen LogP contribution is 1.89. The lowest BCUT2D eigenvalue weighted by Gasteiger charge is -1.95. The van der Waals surface area contributed by atoms with Gasteiger partial charge in [-0.3, -0.25) is 0 Å². The number of carbonyl (C=O) groups is 2. The molecule has 0 spiro atoms. The van der Waals surface area contributed by atoms with Gasteiger partial charge in [0.2, 0.25) is 0 Å². The van der Waals surface area contributed by atoms with Crippen LogP contribution in [-0.4, -0.2) is 19.0 Å². The Bertz CT molecular complexity index is 171. The number of carboxylic acids is 1. The van der Waals surface area contributed by atoms with Gasteiger partial charge in [-0.1, -0.05) is 6.08 Å². The minimum absolute atomic E-state index is 0.0759. The van der Waals surface area contributed by atoms with Gasteiger partial charge in [0.1, 0.15) is 0 Å². The second-order valence-electron chi connectivity index (χ2n) is 1.84. The Morgan fingerprint density at radius 3 is 2.64 bits per heavy atom. The number of rotatable bonds is 4. The zero-order valence-electron chi connectivity index (χ0n) is 6.20. The highest BCUT2D eigenvalue weighted by molar-refractivity contribution is 5.81. The van der Waals surface area contributed by atoms with Crippen LogP contribution >= 0.6 is 0 Å². The minimum atomic E-state index is -1.13. The first-order valence-electron chi connectivity index (χ1n) is 3.11. The largest absolute Gasteiger partial charge is 0.550 e. The van der Waals surface area contributed by atoms with E-state index in [2.05, 4.69) is 4.74 Å². The molecule has 0 aromatic carbocycles. The van der Waals surface area contributed by atoms with Gasteiger partial charge in [0.15, 0.2) is 0 Å². The summed E-state index contributed by atoms with van der Waals surface area (Å²) in [5, 5.41) is 9.85. The molecule has 0 saturated carbocycles. The number of carboxylic acid groups (broad SMARTS) is 1. The van der Waals surface area contributed by atoms with Crippen molar-refractivity contribution in [3.8, 4) is 0 Å². The van der Waals surface area contributed by atoms with E-state index in [-0.39, 0.29) is 12.8 Å². The summed E-state index contributed by atoms with van der Waals surface area (Å²) in [7, 11) is 1.26. The predicted octanol–water partition coefficient (Wildman–Crippen LogP) is -0.754. The van der Waals surface area contributed by atoms with E-state index in [1.54, 1.807) is 0 Å². The van der Waals surface area contributed by atoms with Crippen LogP contribution in [0.4, 0.5) is 0 Å². The Labute approximate surface area is 64.5 Å². The van der Waals surface area contributed by atoms with Crippen molar-refractivity contribution in [1.29, 1.82) is 0 Å². The maximum atomic E-state index is 10.4. The summed E-state index contributed by atoms with van der Waals surface area (Å²) in [4.78, 5) is 20.2. The number of ether oxygens (including phenoxy) is 1. The van der Waals surface area contributed by atoms with E-state index < -0.39 is 11.9 Å². The quantitative estimate of drug-likeness (QED) is 0.397. The van der Waals surface area contributed by atoms with Crippen LogP contribution in [-0.2, 0) is 14.3 Å². The van der Waals surface area contributed by atoms with E-state index in [1.165, 1.54) is 19.3 Å². The van der Waals surface area contributed by atoms with Crippen LogP contribution in [0, 0.1) is 0 Å². The molecular formula is C7H9O4-. The fourth-order valence-electron chi connectivity index (χ4n) is 0.449. The SMILES string of the molecule is COC(=O)C=CCCC(=O)[O-]. The normalized spacial score (nSPS) is 9.91. The number of methoxy groups -OCH3 is 1. The fourth-order valence-corrected chi connectivity index (χ4v) is 0.449. The second-order valence-corrected chi connectivity index (χ2v) is 1.84. The molecule has 0 radical (unpaired) electrons. The van der Waals surface area contributed by atoms with Crippen molar-refractivity contribution in [2.24, 2.45) is 0 Å². The van der Waals surface area contributed by atoms with Crippen LogP contribution in [0.3, 0.4) is 0 Å². The first-order chi connectivity index (χ1) is 5.16. The lowest BCUT2D eigenvalue weighted by Crippen LogP contribution is -2.21. The summed E-state index contributed by atoms with van der Waals surface area (Å²) in [5.41, 5.74) is 0. The smallest absolute Gasteiger partial charge is 0.330 e. The van der Waals surface area contributed by atoms with Crippen LogP contribution in [0.25, 0.3) is 0 Å². The molecule has 0 rings (SSSR count). The van der Waals surface area contributed by atoms with Crippen LogP contribution in [0.2, 0.25) is 0 Å². The van der Waals surface area contributed by atoms with Gasteiger partial charge in [0.05, 0.1) is 7.11 Å². The van der Waals surface area contributed by atoms with Gasteiger partial charge in [0, 0.05) is 12.0 Å². The van der Waals surface area contributed by atoms with Crippen LogP contribution in [0.1, 0.15) is 12.8 Å². The van der Waals surface area contributed by atoms with Crippen molar-refractivity contribution in [3.63, 3.8) is 0 Å². The van der Waals surface area contributed by atoms with Crippen molar-refractivity contribution in [2.75, 3.05) is 7.11 Å². The van der Waals surface area contributed by atoms with Crippen molar-refractivity contribution in [3.05, 3.63) is 12.2 Å². The van der Waals surface area contributed by atoms with Gasteiger partial charge in [-0.15, -0.1) is 0 Å². The number of allylic oxidation sites excluding steroid dienone is 1. The molecule has 4 heteroatoms. The molecule has 0 atom stereocenters. The van der Waals surface area contributed by atoms with Crippen LogP contribution < -0.4 is 5.11 Å². The molecule has 0 heterocycles. The van der Waals surface area contributed by atoms with Crippen molar-refractivity contribution in [2.45, 2.75) is 12.8 Å². The third-order valence-corrected chi connectivity index (χ3v) is 0.970. The average molecular weight is 157 g/mol. The number of esters is 1. The Hall–Kier alpha value is -1.32. The molecule has 0 fully saturated rings. The third-order valence-electron chi connectivity index (χ3n) is 0.970. The number of aliphatic carboxylic acids is 1. The van der Waals surface area contributed by atoms with Gasteiger partial charge in [0.25, 0.3) is 0 Å². The van der Waals surface area contributed by atoms with Crippen molar-refractivity contribution < 1.29 is 19.4 Å². The molecule has 0 unspecified atom stereocenters. The fraction of sp³-hybridized carbons (Fsp3) is 0.429. The van der Waals surface area contributed by atoms with Crippen molar-refractivity contribution in [1.82, 2.24) is 0 Å². The standard InChI is InChI=1S/C7H10O4/c1-11-7(10)5-3-2-4-6(8)9/h3,5H,2,4H2,1H3,(H,8,9)/p-1. The zero-order valence-corrected chi connectivity index (χ0v) is 6.20. The molecule has 4 nitrogen and oxygen atoms in total. The predicted molar refractivity (Wildman–Crippen MR) is 35.4 cm³/mol. The molecular weight excluding hydrogens is 148 g/mol. The lowest BCUT2D eigenvalue weighted by molar-refractivity contribution is -0.305.